The van der Waals surface area contributed by atoms with Crippen molar-refractivity contribution in [2.45, 2.75) is 31.6 Å². The molecule has 1 fully saturated rings. The molecular weight excluding hydrogens is 250 g/mol. The molecule has 1 aliphatic rings. The molecule has 1 aromatic rings. The number of nitrogens with one attached hydrogen (secondary N) is 1. The average molecular weight is 271 g/mol. The minimum atomic E-state index is 0.416. The van der Waals surface area contributed by atoms with Crippen LogP contribution in [0.2, 0.25) is 0 Å². The molecule has 0 bridgehead atoms. The van der Waals surface area contributed by atoms with Crippen molar-refractivity contribution >= 4 is 28.2 Å². The van der Waals surface area contributed by atoms with Crippen LogP contribution < -0.4 is 10.2 Å². The largest absolute Gasteiger partial charge is 0.347 e. The quantitative estimate of drug-likeness (QED) is 0.914. The Bertz CT molecular complexity index is 362. The van der Waals surface area contributed by atoms with Crippen molar-refractivity contribution in [1.29, 1.82) is 0 Å². The summed E-state index contributed by atoms with van der Waals surface area (Å²) in [6.07, 6.45) is 3.23. The first-order valence-corrected chi connectivity index (χ1v) is 7.89. The predicted octanol–water partition coefficient (Wildman–Crippen LogP) is 2.58. The fourth-order valence-corrected chi connectivity index (χ4v) is 3.98. The van der Waals surface area contributed by atoms with E-state index in [0.717, 1.165) is 19.6 Å². The molecule has 0 atom stereocenters. The van der Waals surface area contributed by atoms with Gasteiger partial charge in [-0.2, -0.15) is 11.8 Å². The van der Waals surface area contributed by atoms with E-state index >= 15 is 0 Å². The number of thioether (sulfide) groups is 1. The second-order valence-corrected chi connectivity index (χ2v) is 7.88. The standard InChI is InChI=1S/C12H21N3S2/c1-12(2)4-5-15(6-7-16-12)11-14-9-10(17-11)8-13-3/h9,13H,4-8H2,1-3H3. The van der Waals surface area contributed by atoms with Gasteiger partial charge in [0.15, 0.2) is 5.13 Å². The minimum Gasteiger partial charge on any atom is -0.347 e. The molecule has 2 rings (SSSR count). The van der Waals surface area contributed by atoms with Crippen molar-refractivity contribution in [2.24, 2.45) is 0 Å². The summed E-state index contributed by atoms with van der Waals surface area (Å²) in [5.74, 6) is 1.20. The maximum atomic E-state index is 4.54. The van der Waals surface area contributed by atoms with E-state index in [1.807, 2.05) is 24.6 Å². The van der Waals surface area contributed by atoms with Crippen LogP contribution in [-0.2, 0) is 6.54 Å². The molecule has 1 saturated heterocycles. The molecule has 0 radical (unpaired) electrons. The lowest BCUT2D eigenvalue weighted by molar-refractivity contribution is 0.637. The molecule has 0 saturated carbocycles. The number of hydrogen-bond acceptors (Lipinski definition) is 5. The Morgan fingerprint density at radius 2 is 2.29 bits per heavy atom. The number of thiazole rings is 1. The molecule has 1 aromatic heterocycles. The number of nitrogens with zero attached hydrogens (tertiary/aromatic N) is 2. The number of aromatic nitrogens is 1. The summed E-state index contributed by atoms with van der Waals surface area (Å²) in [5.41, 5.74) is 0. The molecule has 0 unspecified atom stereocenters. The van der Waals surface area contributed by atoms with Gasteiger partial charge in [-0.15, -0.1) is 11.3 Å². The van der Waals surface area contributed by atoms with Crippen LogP contribution in [0.5, 0.6) is 0 Å². The van der Waals surface area contributed by atoms with Crippen LogP contribution in [0.15, 0.2) is 6.20 Å². The van der Waals surface area contributed by atoms with Crippen molar-refractivity contribution in [3.8, 4) is 0 Å². The second-order valence-electron chi connectivity index (χ2n) is 4.98. The molecule has 1 aliphatic heterocycles. The topological polar surface area (TPSA) is 28.2 Å². The van der Waals surface area contributed by atoms with Gasteiger partial charge >= 0.3 is 0 Å². The second kappa shape index (κ2) is 5.59. The molecular formula is C12H21N3S2. The molecule has 1 N–H and O–H groups in total. The Kier molecular flexibility index (Phi) is 4.33. The van der Waals surface area contributed by atoms with Gasteiger partial charge in [-0.3, -0.25) is 0 Å². The van der Waals surface area contributed by atoms with E-state index in [1.54, 1.807) is 0 Å². The Labute approximate surface area is 112 Å². The van der Waals surface area contributed by atoms with Gasteiger partial charge in [-0.25, -0.2) is 4.98 Å². The van der Waals surface area contributed by atoms with Gasteiger partial charge in [0, 0.05) is 41.2 Å². The van der Waals surface area contributed by atoms with Crippen molar-refractivity contribution in [3.05, 3.63) is 11.1 Å². The van der Waals surface area contributed by atoms with Gasteiger partial charge in [0.1, 0.15) is 0 Å². The van der Waals surface area contributed by atoms with Crippen molar-refractivity contribution < 1.29 is 0 Å². The smallest absolute Gasteiger partial charge is 0.185 e. The summed E-state index contributed by atoms with van der Waals surface area (Å²) in [6, 6.07) is 0. The SMILES string of the molecule is CNCc1cnc(N2CCSC(C)(C)CC2)s1. The molecule has 0 amide bonds. The summed E-state index contributed by atoms with van der Waals surface area (Å²) in [6.45, 7) is 7.86. The van der Waals surface area contributed by atoms with Crippen LogP contribution in [-0.4, -0.2) is 35.6 Å². The third-order valence-corrected chi connectivity index (χ3v) is 5.43. The number of rotatable bonds is 3. The first kappa shape index (κ1) is 13.2. The zero-order valence-electron chi connectivity index (χ0n) is 10.8. The molecule has 0 aliphatic carbocycles. The third-order valence-electron chi connectivity index (χ3n) is 3.00. The highest BCUT2D eigenvalue weighted by Gasteiger charge is 2.24. The van der Waals surface area contributed by atoms with Gasteiger partial charge in [0.2, 0.25) is 0 Å². The monoisotopic (exact) mass is 271 g/mol. The fraction of sp³-hybridized carbons (Fsp3) is 0.750. The van der Waals surface area contributed by atoms with E-state index in [2.05, 4.69) is 40.8 Å². The van der Waals surface area contributed by atoms with Crippen LogP contribution in [0.25, 0.3) is 0 Å². The molecule has 5 heteroatoms. The van der Waals surface area contributed by atoms with Crippen LogP contribution in [0.3, 0.4) is 0 Å². The molecule has 96 valence electrons. The van der Waals surface area contributed by atoms with E-state index in [1.165, 1.54) is 22.2 Å². The third kappa shape index (κ3) is 3.60. The van der Waals surface area contributed by atoms with Crippen LogP contribution >= 0.6 is 23.1 Å². The van der Waals surface area contributed by atoms with Crippen molar-refractivity contribution in [3.63, 3.8) is 0 Å². The van der Waals surface area contributed by atoms with Crippen molar-refractivity contribution in [2.75, 3.05) is 30.8 Å². The maximum absolute atomic E-state index is 4.54. The fourth-order valence-electron chi connectivity index (χ4n) is 1.91. The maximum Gasteiger partial charge on any atom is 0.185 e. The lowest BCUT2D eigenvalue weighted by atomic mass is 10.1. The summed E-state index contributed by atoms with van der Waals surface area (Å²) in [5, 5.41) is 4.36. The molecule has 3 nitrogen and oxygen atoms in total. The molecule has 2 heterocycles. The lowest BCUT2D eigenvalue weighted by Gasteiger charge is -2.22. The van der Waals surface area contributed by atoms with Gasteiger partial charge in [0.25, 0.3) is 0 Å². The molecule has 17 heavy (non-hydrogen) atoms. The first-order chi connectivity index (χ1) is 8.11. The lowest BCUT2D eigenvalue weighted by Crippen LogP contribution is -2.26. The first-order valence-electron chi connectivity index (χ1n) is 6.09. The summed E-state index contributed by atoms with van der Waals surface area (Å²) in [4.78, 5) is 8.30. The van der Waals surface area contributed by atoms with E-state index in [9.17, 15) is 0 Å². The van der Waals surface area contributed by atoms with E-state index in [-0.39, 0.29) is 0 Å². The molecule has 0 spiro atoms. The number of anilines is 1. The predicted molar refractivity (Wildman–Crippen MR) is 78.2 cm³/mol. The Morgan fingerprint density at radius 3 is 3.06 bits per heavy atom. The Morgan fingerprint density at radius 1 is 1.47 bits per heavy atom. The highest BCUT2D eigenvalue weighted by molar-refractivity contribution is 8.00. The zero-order valence-corrected chi connectivity index (χ0v) is 12.5. The van der Waals surface area contributed by atoms with E-state index < -0.39 is 0 Å². The van der Waals surface area contributed by atoms with Gasteiger partial charge < -0.3 is 10.2 Å². The van der Waals surface area contributed by atoms with Crippen LogP contribution in [0.4, 0.5) is 5.13 Å². The average Bonchev–Trinajstić information content (AvgIpc) is 2.64. The van der Waals surface area contributed by atoms with Crippen LogP contribution in [0, 0.1) is 0 Å². The Hall–Kier alpha value is -0.260. The van der Waals surface area contributed by atoms with Crippen LogP contribution in [0.1, 0.15) is 25.1 Å². The van der Waals surface area contributed by atoms with E-state index in [0.29, 0.717) is 4.75 Å². The highest BCUT2D eigenvalue weighted by Crippen LogP contribution is 2.33. The Balaban J connectivity index is 2.01. The van der Waals surface area contributed by atoms with Crippen molar-refractivity contribution in [1.82, 2.24) is 10.3 Å². The summed E-state index contributed by atoms with van der Waals surface area (Å²) >= 11 is 3.90. The summed E-state index contributed by atoms with van der Waals surface area (Å²) < 4.78 is 0.416. The van der Waals surface area contributed by atoms with Gasteiger partial charge in [-0.1, -0.05) is 13.8 Å². The number of hydrogen-bond donors (Lipinski definition) is 1. The van der Waals surface area contributed by atoms with Gasteiger partial charge in [-0.05, 0) is 13.5 Å². The molecule has 0 aromatic carbocycles. The zero-order chi connectivity index (χ0) is 12.3. The summed E-state index contributed by atoms with van der Waals surface area (Å²) in [7, 11) is 1.98. The highest BCUT2D eigenvalue weighted by atomic mass is 32.2. The van der Waals surface area contributed by atoms with Gasteiger partial charge in [0.05, 0.1) is 0 Å². The normalized spacial score (nSPS) is 20.3. The minimum absolute atomic E-state index is 0.416. The van der Waals surface area contributed by atoms with E-state index in [4.69, 9.17) is 0 Å².